The summed E-state index contributed by atoms with van der Waals surface area (Å²) in [5.74, 6) is 1.10. The van der Waals surface area contributed by atoms with Gasteiger partial charge >= 0.3 is 6.18 Å². The summed E-state index contributed by atoms with van der Waals surface area (Å²) in [7, 11) is 3.64. The maximum absolute atomic E-state index is 12.4. The molecule has 5 nitrogen and oxygen atoms in total. The Morgan fingerprint density at radius 1 is 1.39 bits per heavy atom. The molecule has 1 aromatic rings. The minimum Gasteiger partial charge on any atom is -0.357 e. The Morgan fingerprint density at radius 2 is 2.18 bits per heavy atom. The molecule has 0 saturated carbocycles. The van der Waals surface area contributed by atoms with Crippen molar-refractivity contribution in [2.45, 2.75) is 32.0 Å². The Bertz CT molecular complexity index is 591. The van der Waals surface area contributed by atoms with E-state index in [1.807, 2.05) is 6.92 Å². The van der Waals surface area contributed by atoms with Gasteiger partial charge in [-0.1, -0.05) is 6.07 Å². The van der Waals surface area contributed by atoms with Crippen LogP contribution in [0.2, 0.25) is 0 Å². The van der Waals surface area contributed by atoms with E-state index in [1.165, 1.54) is 16.8 Å². The maximum atomic E-state index is 12.4. The van der Waals surface area contributed by atoms with Gasteiger partial charge in [0.2, 0.25) is 0 Å². The topological polar surface area (TPSA) is 42.9 Å². The van der Waals surface area contributed by atoms with Crippen molar-refractivity contribution in [2.75, 3.05) is 53.4 Å². The molecule has 0 spiro atoms. The number of piperidine rings is 1. The van der Waals surface area contributed by atoms with Gasteiger partial charge in [-0.05, 0) is 57.8 Å². The Kier molecular flexibility index (Phi) is 9.04. The summed E-state index contributed by atoms with van der Waals surface area (Å²) in [6, 6.07) is 4.65. The number of alkyl halides is 3. The van der Waals surface area contributed by atoms with Crippen LogP contribution in [0.25, 0.3) is 0 Å². The second kappa shape index (κ2) is 11.0. The van der Waals surface area contributed by atoms with Crippen LogP contribution in [0.4, 0.5) is 13.2 Å². The van der Waals surface area contributed by atoms with Crippen molar-refractivity contribution in [3.05, 3.63) is 22.4 Å². The number of nitrogens with one attached hydrogen (secondary N) is 2. The van der Waals surface area contributed by atoms with Gasteiger partial charge in [0.05, 0.1) is 6.54 Å². The molecule has 2 atom stereocenters. The summed E-state index contributed by atoms with van der Waals surface area (Å²) in [5, 5.41) is 8.46. The van der Waals surface area contributed by atoms with E-state index in [0.29, 0.717) is 44.1 Å². The largest absolute Gasteiger partial charge is 0.401 e. The molecule has 1 fully saturated rings. The van der Waals surface area contributed by atoms with Crippen LogP contribution in [0.15, 0.2) is 22.5 Å². The number of halogens is 3. The predicted molar refractivity (Wildman–Crippen MR) is 110 cm³/mol. The molecule has 2 unspecified atom stereocenters. The van der Waals surface area contributed by atoms with Gasteiger partial charge in [-0.25, -0.2) is 0 Å². The highest BCUT2D eigenvalue weighted by molar-refractivity contribution is 7.10. The van der Waals surface area contributed by atoms with Crippen molar-refractivity contribution in [1.29, 1.82) is 0 Å². The lowest BCUT2D eigenvalue weighted by Crippen LogP contribution is -2.43. The molecule has 28 heavy (non-hydrogen) atoms. The van der Waals surface area contributed by atoms with Crippen LogP contribution in [0.3, 0.4) is 0 Å². The van der Waals surface area contributed by atoms with E-state index in [2.05, 4.69) is 40.1 Å². The Balaban J connectivity index is 1.91. The Labute approximate surface area is 170 Å². The van der Waals surface area contributed by atoms with E-state index < -0.39 is 12.7 Å². The zero-order valence-electron chi connectivity index (χ0n) is 16.9. The standard InChI is InChI=1S/C19H32F3N5S/c1-4-23-18(24-9-11-26(2)14-19(20,21)22)25-13-15-7-5-10-27(3)17(15)16-8-6-12-28-16/h6,8,12,15,17H,4-5,7,9-11,13-14H2,1-3H3,(H2,23,24,25). The van der Waals surface area contributed by atoms with Crippen molar-refractivity contribution in [1.82, 2.24) is 20.4 Å². The minimum atomic E-state index is -4.17. The summed E-state index contributed by atoms with van der Waals surface area (Å²) in [4.78, 5) is 9.77. The van der Waals surface area contributed by atoms with Gasteiger partial charge in [-0.15, -0.1) is 11.3 Å². The molecule has 2 rings (SSSR count). The number of thiophene rings is 1. The third-order valence-corrected chi connectivity index (χ3v) is 5.85. The molecule has 160 valence electrons. The van der Waals surface area contributed by atoms with Gasteiger partial charge < -0.3 is 10.6 Å². The average Bonchev–Trinajstić information content (AvgIpc) is 3.12. The molecular formula is C19H32F3N5S. The fourth-order valence-corrected chi connectivity index (χ4v) is 4.64. The molecule has 1 aliphatic rings. The second-order valence-electron chi connectivity index (χ2n) is 7.34. The van der Waals surface area contributed by atoms with E-state index >= 15 is 0 Å². The lowest BCUT2D eigenvalue weighted by atomic mass is 9.88. The van der Waals surface area contributed by atoms with Crippen LogP contribution in [-0.2, 0) is 0 Å². The lowest BCUT2D eigenvalue weighted by molar-refractivity contribution is -0.142. The molecule has 2 N–H and O–H groups in total. The molecule has 0 aromatic carbocycles. The van der Waals surface area contributed by atoms with Crippen LogP contribution in [0.5, 0.6) is 0 Å². The molecule has 0 bridgehead atoms. The van der Waals surface area contributed by atoms with Gasteiger partial charge in [-0.2, -0.15) is 13.2 Å². The Hall–Kier alpha value is -1.32. The number of hydrogen-bond acceptors (Lipinski definition) is 4. The van der Waals surface area contributed by atoms with Gasteiger partial charge in [0.1, 0.15) is 0 Å². The first-order valence-corrected chi connectivity index (χ1v) is 10.7. The van der Waals surface area contributed by atoms with E-state index in [-0.39, 0.29) is 0 Å². The first kappa shape index (κ1) is 23.0. The normalized spacial score (nSPS) is 21.9. The minimum absolute atomic E-state index is 0.300. The molecule has 2 heterocycles. The van der Waals surface area contributed by atoms with E-state index in [0.717, 1.165) is 19.4 Å². The SMILES string of the molecule is CCNC(=NCC1CCCN(C)C1c1cccs1)NCCN(C)CC(F)(F)F. The monoisotopic (exact) mass is 419 g/mol. The zero-order valence-corrected chi connectivity index (χ0v) is 17.7. The van der Waals surface area contributed by atoms with E-state index in [4.69, 9.17) is 4.99 Å². The van der Waals surface area contributed by atoms with Gasteiger partial charge in [-0.3, -0.25) is 14.8 Å². The molecule has 0 radical (unpaired) electrons. The van der Waals surface area contributed by atoms with Crippen LogP contribution in [0, 0.1) is 5.92 Å². The third kappa shape index (κ3) is 7.60. The summed E-state index contributed by atoms with van der Waals surface area (Å²) < 4.78 is 37.3. The quantitative estimate of drug-likeness (QED) is 0.502. The van der Waals surface area contributed by atoms with Crippen molar-refractivity contribution < 1.29 is 13.2 Å². The highest BCUT2D eigenvalue weighted by Crippen LogP contribution is 2.37. The predicted octanol–water partition coefficient (Wildman–Crippen LogP) is 3.18. The molecule has 1 aromatic heterocycles. The first-order chi connectivity index (χ1) is 13.3. The number of nitrogens with zero attached hydrogens (tertiary/aromatic N) is 3. The summed E-state index contributed by atoms with van der Waals surface area (Å²) >= 11 is 1.78. The van der Waals surface area contributed by atoms with Crippen molar-refractivity contribution in [3.63, 3.8) is 0 Å². The van der Waals surface area contributed by atoms with Gasteiger partial charge in [0.25, 0.3) is 0 Å². The van der Waals surface area contributed by atoms with Crippen LogP contribution in [0.1, 0.15) is 30.7 Å². The van der Waals surface area contributed by atoms with E-state index in [9.17, 15) is 13.2 Å². The number of aliphatic imine (C=N–C) groups is 1. The van der Waals surface area contributed by atoms with E-state index in [1.54, 1.807) is 11.3 Å². The molecule has 0 aliphatic carbocycles. The highest BCUT2D eigenvalue weighted by atomic mass is 32.1. The number of likely N-dealkylation sites (N-methyl/N-ethyl adjacent to an activating group) is 1. The van der Waals surface area contributed by atoms with Crippen molar-refractivity contribution in [2.24, 2.45) is 10.9 Å². The molecule has 0 amide bonds. The smallest absolute Gasteiger partial charge is 0.357 e. The molecular weight excluding hydrogens is 387 g/mol. The van der Waals surface area contributed by atoms with Gasteiger partial charge in [0, 0.05) is 37.1 Å². The lowest BCUT2D eigenvalue weighted by Gasteiger charge is -2.38. The zero-order chi connectivity index (χ0) is 20.6. The molecule has 1 saturated heterocycles. The summed E-state index contributed by atoms with van der Waals surface area (Å²) in [5.41, 5.74) is 0. The highest BCUT2D eigenvalue weighted by Gasteiger charge is 2.31. The number of hydrogen-bond donors (Lipinski definition) is 2. The van der Waals surface area contributed by atoms with Crippen LogP contribution < -0.4 is 10.6 Å². The fourth-order valence-electron chi connectivity index (χ4n) is 3.66. The molecule has 1 aliphatic heterocycles. The van der Waals surface area contributed by atoms with Crippen molar-refractivity contribution in [3.8, 4) is 0 Å². The Morgan fingerprint density at radius 3 is 2.82 bits per heavy atom. The fraction of sp³-hybridized carbons (Fsp3) is 0.737. The van der Waals surface area contributed by atoms with Crippen LogP contribution >= 0.6 is 11.3 Å². The summed E-state index contributed by atoms with van der Waals surface area (Å²) in [6.07, 6.45) is -1.88. The van der Waals surface area contributed by atoms with Gasteiger partial charge in [0.15, 0.2) is 5.96 Å². The molecule has 9 heteroatoms. The first-order valence-electron chi connectivity index (χ1n) is 9.81. The number of likely N-dealkylation sites (tertiary alicyclic amines) is 1. The third-order valence-electron chi connectivity index (χ3n) is 4.91. The summed E-state index contributed by atoms with van der Waals surface area (Å²) in [6.45, 7) is 4.29. The second-order valence-corrected chi connectivity index (χ2v) is 8.32. The van der Waals surface area contributed by atoms with Crippen molar-refractivity contribution >= 4 is 17.3 Å². The average molecular weight is 420 g/mol. The van der Waals surface area contributed by atoms with Crippen LogP contribution in [-0.4, -0.2) is 75.3 Å². The number of rotatable bonds is 8. The maximum Gasteiger partial charge on any atom is 0.401 e. The number of guanidine groups is 1.